The lowest BCUT2D eigenvalue weighted by Gasteiger charge is -2.18. The number of aromatic nitrogens is 2. The Kier molecular flexibility index (Phi) is 5.86. The first-order chi connectivity index (χ1) is 13.1. The number of H-pyrrole nitrogens is 1. The average Bonchev–Trinajstić information content (AvgIpc) is 2.70. The van der Waals surface area contributed by atoms with Crippen molar-refractivity contribution < 1.29 is 9.53 Å². The number of hydrogen-bond acceptors (Lipinski definition) is 4. The van der Waals surface area contributed by atoms with E-state index in [9.17, 15) is 9.59 Å². The van der Waals surface area contributed by atoms with Gasteiger partial charge in [0.2, 0.25) is 5.91 Å². The van der Waals surface area contributed by atoms with Gasteiger partial charge in [0.15, 0.2) is 0 Å². The molecule has 2 N–H and O–H groups in total. The highest BCUT2D eigenvalue weighted by atomic mass is 16.5. The number of benzene rings is 2. The molecule has 0 saturated carbocycles. The lowest BCUT2D eigenvalue weighted by molar-refractivity contribution is -0.121. The number of amides is 1. The van der Waals surface area contributed by atoms with Gasteiger partial charge >= 0.3 is 0 Å². The van der Waals surface area contributed by atoms with Crippen molar-refractivity contribution >= 4 is 16.8 Å². The fourth-order valence-corrected chi connectivity index (χ4v) is 3.01. The first-order valence-electron chi connectivity index (χ1n) is 9.02. The average molecular weight is 365 g/mol. The summed E-state index contributed by atoms with van der Waals surface area (Å²) in [7, 11) is 1.62. The van der Waals surface area contributed by atoms with Crippen molar-refractivity contribution in [3.05, 3.63) is 70.3 Å². The third kappa shape index (κ3) is 4.53. The summed E-state index contributed by atoms with van der Waals surface area (Å²) < 4.78 is 5.17. The third-order valence-electron chi connectivity index (χ3n) is 4.51. The number of hydrogen-bond donors (Lipinski definition) is 2. The highest BCUT2D eigenvalue weighted by Gasteiger charge is 2.13. The number of fused-ring (bicyclic) bond motifs is 1. The molecule has 3 aromatic rings. The van der Waals surface area contributed by atoms with E-state index in [4.69, 9.17) is 4.74 Å². The lowest BCUT2D eigenvalue weighted by Crippen LogP contribution is -2.28. The zero-order valence-electron chi connectivity index (χ0n) is 15.5. The van der Waals surface area contributed by atoms with E-state index in [0.717, 1.165) is 17.7 Å². The highest BCUT2D eigenvalue weighted by molar-refractivity contribution is 5.78. The van der Waals surface area contributed by atoms with Gasteiger partial charge in [0, 0.05) is 12.8 Å². The largest absolute Gasteiger partial charge is 0.497 e. The molecule has 0 fully saturated rings. The smallest absolute Gasteiger partial charge is 0.258 e. The number of nitrogens with zero attached hydrogens (tertiary/aromatic N) is 1. The second-order valence-electron chi connectivity index (χ2n) is 6.33. The van der Waals surface area contributed by atoms with E-state index in [1.807, 2.05) is 37.3 Å². The van der Waals surface area contributed by atoms with Crippen LogP contribution in [0.25, 0.3) is 10.9 Å². The van der Waals surface area contributed by atoms with Crippen LogP contribution in [0.5, 0.6) is 5.75 Å². The predicted molar refractivity (Wildman–Crippen MR) is 105 cm³/mol. The van der Waals surface area contributed by atoms with Gasteiger partial charge in [-0.25, -0.2) is 4.98 Å². The van der Waals surface area contributed by atoms with E-state index in [2.05, 4.69) is 15.3 Å². The normalized spacial score (nSPS) is 11.9. The second-order valence-corrected chi connectivity index (χ2v) is 6.33. The summed E-state index contributed by atoms with van der Waals surface area (Å²) in [5, 5.41) is 3.60. The number of aryl methyl sites for hydroxylation is 1. The third-order valence-corrected chi connectivity index (χ3v) is 4.51. The monoisotopic (exact) mass is 365 g/mol. The molecule has 6 heteroatoms. The minimum absolute atomic E-state index is 0.0629. The molecule has 1 unspecified atom stereocenters. The van der Waals surface area contributed by atoms with Gasteiger partial charge in [-0.1, -0.05) is 31.2 Å². The summed E-state index contributed by atoms with van der Waals surface area (Å²) in [6, 6.07) is 14.8. The van der Waals surface area contributed by atoms with Crippen LogP contribution >= 0.6 is 0 Å². The van der Waals surface area contributed by atoms with Gasteiger partial charge in [-0.2, -0.15) is 0 Å². The Morgan fingerprint density at radius 1 is 1.19 bits per heavy atom. The molecule has 27 heavy (non-hydrogen) atoms. The summed E-state index contributed by atoms with van der Waals surface area (Å²) in [4.78, 5) is 31.7. The summed E-state index contributed by atoms with van der Waals surface area (Å²) in [6.07, 6.45) is 1.42. The number of aromatic amines is 1. The molecule has 140 valence electrons. The SMILES string of the molecule is CCC(NC(=O)CCc1nc2ccccc2c(=O)[nH]1)c1ccc(OC)cc1. The summed E-state index contributed by atoms with van der Waals surface area (Å²) in [5.74, 6) is 1.23. The first kappa shape index (κ1) is 18.6. The Balaban J connectivity index is 1.63. The van der Waals surface area contributed by atoms with Gasteiger partial charge in [0.1, 0.15) is 11.6 Å². The summed E-state index contributed by atoms with van der Waals surface area (Å²) in [6.45, 7) is 2.03. The van der Waals surface area contributed by atoms with Crippen molar-refractivity contribution in [1.29, 1.82) is 0 Å². The Bertz CT molecular complexity index is 980. The molecule has 0 aliphatic carbocycles. The summed E-state index contributed by atoms with van der Waals surface area (Å²) >= 11 is 0. The van der Waals surface area contributed by atoms with Crippen LogP contribution < -0.4 is 15.6 Å². The molecule has 0 radical (unpaired) electrons. The standard InChI is InChI=1S/C21H23N3O3/c1-3-17(14-8-10-15(27-2)11-9-14)23-20(25)13-12-19-22-18-7-5-4-6-16(18)21(26)24-19/h4-11,17H,3,12-13H2,1-2H3,(H,23,25)(H,22,24,26). The minimum Gasteiger partial charge on any atom is -0.497 e. The van der Waals surface area contributed by atoms with E-state index in [0.29, 0.717) is 23.1 Å². The number of methoxy groups -OCH3 is 1. The lowest BCUT2D eigenvalue weighted by atomic mass is 10.0. The maximum atomic E-state index is 12.4. The first-order valence-corrected chi connectivity index (χ1v) is 9.02. The molecule has 6 nitrogen and oxygen atoms in total. The maximum Gasteiger partial charge on any atom is 0.258 e. The Labute approximate surface area is 157 Å². The molecule has 0 bridgehead atoms. The molecule has 0 aliphatic rings. The quantitative estimate of drug-likeness (QED) is 0.674. The molecule has 0 spiro atoms. The topological polar surface area (TPSA) is 84.1 Å². The molecule has 1 aromatic heterocycles. The van der Waals surface area contributed by atoms with Gasteiger partial charge in [-0.15, -0.1) is 0 Å². The van der Waals surface area contributed by atoms with Gasteiger partial charge in [-0.3, -0.25) is 9.59 Å². The predicted octanol–water partition coefficient (Wildman–Crippen LogP) is 3.13. The van der Waals surface area contributed by atoms with Crippen LogP contribution in [0.2, 0.25) is 0 Å². The van der Waals surface area contributed by atoms with Gasteiger partial charge < -0.3 is 15.0 Å². The van der Waals surface area contributed by atoms with Crippen LogP contribution in [0, 0.1) is 0 Å². The molecule has 1 atom stereocenters. The van der Waals surface area contributed by atoms with Crippen molar-refractivity contribution in [2.45, 2.75) is 32.2 Å². The number of rotatable bonds is 7. The van der Waals surface area contributed by atoms with Crippen molar-refractivity contribution in [1.82, 2.24) is 15.3 Å². The van der Waals surface area contributed by atoms with Crippen molar-refractivity contribution in [3.8, 4) is 5.75 Å². The summed E-state index contributed by atoms with van der Waals surface area (Å²) in [5.41, 5.74) is 1.49. The molecular weight excluding hydrogens is 342 g/mol. The van der Waals surface area contributed by atoms with Crippen molar-refractivity contribution in [2.24, 2.45) is 0 Å². The van der Waals surface area contributed by atoms with Crippen LogP contribution in [0.15, 0.2) is 53.3 Å². The van der Waals surface area contributed by atoms with Gasteiger partial charge in [-0.05, 0) is 36.2 Å². The fraction of sp³-hybridized carbons (Fsp3) is 0.286. The molecule has 0 saturated heterocycles. The molecule has 2 aromatic carbocycles. The number of carbonyl (C=O) groups excluding carboxylic acids is 1. The Morgan fingerprint density at radius 3 is 2.63 bits per heavy atom. The molecule has 0 aliphatic heterocycles. The van der Waals surface area contributed by atoms with Gasteiger partial charge in [0.05, 0.1) is 24.1 Å². The Hall–Kier alpha value is -3.15. The number of para-hydroxylation sites is 1. The van der Waals surface area contributed by atoms with E-state index >= 15 is 0 Å². The Morgan fingerprint density at radius 2 is 1.93 bits per heavy atom. The zero-order valence-corrected chi connectivity index (χ0v) is 15.5. The van der Waals surface area contributed by atoms with Crippen molar-refractivity contribution in [2.75, 3.05) is 7.11 Å². The van der Waals surface area contributed by atoms with E-state index < -0.39 is 0 Å². The molecule has 1 amide bonds. The fourth-order valence-electron chi connectivity index (χ4n) is 3.01. The molecule has 3 rings (SSSR count). The van der Waals surface area contributed by atoms with Crippen LogP contribution in [0.3, 0.4) is 0 Å². The van der Waals surface area contributed by atoms with Gasteiger partial charge in [0.25, 0.3) is 5.56 Å². The zero-order chi connectivity index (χ0) is 19.2. The van der Waals surface area contributed by atoms with E-state index in [-0.39, 0.29) is 23.9 Å². The maximum absolute atomic E-state index is 12.4. The van der Waals surface area contributed by atoms with E-state index in [1.54, 1.807) is 25.3 Å². The highest BCUT2D eigenvalue weighted by Crippen LogP contribution is 2.20. The van der Waals surface area contributed by atoms with E-state index in [1.165, 1.54) is 0 Å². The number of nitrogens with one attached hydrogen (secondary N) is 2. The van der Waals surface area contributed by atoms with Crippen LogP contribution in [-0.4, -0.2) is 23.0 Å². The molecule has 1 heterocycles. The second kappa shape index (κ2) is 8.49. The number of ether oxygens (including phenoxy) is 1. The van der Waals surface area contributed by atoms with Crippen molar-refractivity contribution in [3.63, 3.8) is 0 Å². The van der Waals surface area contributed by atoms with Crippen LogP contribution in [0.4, 0.5) is 0 Å². The molecular formula is C21H23N3O3. The van der Waals surface area contributed by atoms with Crippen LogP contribution in [0.1, 0.15) is 37.2 Å². The number of carbonyl (C=O) groups is 1. The minimum atomic E-state index is -0.180. The van der Waals surface area contributed by atoms with Crippen LogP contribution in [-0.2, 0) is 11.2 Å².